The van der Waals surface area contributed by atoms with Crippen LogP contribution in [0.3, 0.4) is 0 Å². The lowest BCUT2D eigenvalue weighted by atomic mass is 10.2. The fourth-order valence-electron chi connectivity index (χ4n) is 1.97. The second-order valence-corrected chi connectivity index (χ2v) is 5.15. The van der Waals surface area contributed by atoms with Gasteiger partial charge in [-0.1, -0.05) is 29.8 Å². The summed E-state index contributed by atoms with van der Waals surface area (Å²) in [5, 5.41) is 18.4. The van der Waals surface area contributed by atoms with Crippen molar-refractivity contribution in [3.05, 3.63) is 51.9 Å². The summed E-state index contributed by atoms with van der Waals surface area (Å²) < 4.78 is 1.99. The molecule has 2 N–H and O–H groups in total. The molecule has 2 heterocycles. The van der Waals surface area contributed by atoms with Crippen molar-refractivity contribution in [3.8, 4) is 11.5 Å². The molecule has 0 radical (unpaired) electrons. The lowest BCUT2D eigenvalue weighted by Gasteiger charge is -1.98. The quantitative estimate of drug-likeness (QED) is 0.577. The van der Waals surface area contributed by atoms with E-state index in [9.17, 15) is 0 Å². The zero-order valence-electron chi connectivity index (χ0n) is 11.7. The topological polar surface area (TPSA) is 74.7 Å². The van der Waals surface area contributed by atoms with Gasteiger partial charge in [0.05, 0.1) is 6.21 Å². The first kappa shape index (κ1) is 13.4. The lowest BCUT2D eigenvalue weighted by Crippen LogP contribution is -1.95. The van der Waals surface area contributed by atoms with Crippen molar-refractivity contribution in [2.45, 2.75) is 13.8 Å². The first-order valence-electron chi connectivity index (χ1n) is 6.44. The van der Waals surface area contributed by atoms with Gasteiger partial charge in [0.15, 0.2) is 0 Å². The Hall–Kier alpha value is -2.54. The van der Waals surface area contributed by atoms with Crippen LogP contribution in [0.1, 0.15) is 16.8 Å². The van der Waals surface area contributed by atoms with Crippen molar-refractivity contribution < 1.29 is 0 Å². The molecule has 21 heavy (non-hydrogen) atoms. The second-order valence-electron chi connectivity index (χ2n) is 4.76. The standard InChI is InChI=1S/C14H14N6S/c1-9-4-3-5-11(6-9)8-15-20-13(18-19-14(20)21)12-7-10(2)16-17-12/h3-8H,1-2H3,(H,16,17)(H,19,21)/b15-8-. The minimum atomic E-state index is 0.426. The Kier molecular flexibility index (Phi) is 3.49. The number of aromatic amines is 2. The number of aryl methyl sites for hydroxylation is 2. The summed E-state index contributed by atoms with van der Waals surface area (Å²) in [5.41, 5.74) is 3.83. The summed E-state index contributed by atoms with van der Waals surface area (Å²) in [6.07, 6.45) is 1.75. The Morgan fingerprint density at radius 1 is 1.19 bits per heavy atom. The number of nitrogens with one attached hydrogen (secondary N) is 2. The molecule has 2 aromatic heterocycles. The monoisotopic (exact) mass is 298 g/mol. The molecule has 1 aromatic carbocycles. The third kappa shape index (κ3) is 2.82. The minimum absolute atomic E-state index is 0.426. The minimum Gasteiger partial charge on any atom is -0.282 e. The summed E-state index contributed by atoms with van der Waals surface area (Å²) in [6, 6.07) is 9.95. The van der Waals surface area contributed by atoms with Crippen LogP contribution in [0, 0.1) is 18.6 Å². The number of H-pyrrole nitrogens is 2. The van der Waals surface area contributed by atoms with E-state index in [-0.39, 0.29) is 0 Å². The Labute approximate surface area is 126 Å². The molecule has 0 aliphatic heterocycles. The molecule has 7 heteroatoms. The zero-order chi connectivity index (χ0) is 14.8. The largest absolute Gasteiger partial charge is 0.282 e. The maximum absolute atomic E-state index is 5.21. The zero-order valence-corrected chi connectivity index (χ0v) is 12.5. The van der Waals surface area contributed by atoms with Crippen molar-refractivity contribution in [1.82, 2.24) is 25.1 Å². The molecular weight excluding hydrogens is 284 g/mol. The lowest BCUT2D eigenvalue weighted by molar-refractivity contribution is 0.865. The highest BCUT2D eigenvalue weighted by atomic mass is 32.1. The predicted molar refractivity (Wildman–Crippen MR) is 83.9 cm³/mol. The van der Waals surface area contributed by atoms with Gasteiger partial charge in [-0.05, 0) is 37.7 Å². The van der Waals surface area contributed by atoms with Crippen LogP contribution in [-0.2, 0) is 0 Å². The molecule has 0 amide bonds. The molecule has 0 aliphatic carbocycles. The third-order valence-electron chi connectivity index (χ3n) is 2.95. The number of hydrogen-bond acceptors (Lipinski definition) is 4. The molecule has 0 saturated heterocycles. The Bertz CT molecular complexity index is 854. The maximum atomic E-state index is 5.21. The molecule has 0 unspecified atom stereocenters. The summed E-state index contributed by atoms with van der Waals surface area (Å²) in [5.74, 6) is 0.577. The normalized spacial score (nSPS) is 11.3. The van der Waals surface area contributed by atoms with Crippen molar-refractivity contribution in [1.29, 1.82) is 0 Å². The van der Waals surface area contributed by atoms with E-state index in [1.54, 1.807) is 10.9 Å². The number of hydrogen-bond donors (Lipinski definition) is 2. The molecule has 3 rings (SSSR count). The van der Waals surface area contributed by atoms with Crippen LogP contribution in [0.4, 0.5) is 0 Å². The maximum Gasteiger partial charge on any atom is 0.216 e. The van der Waals surface area contributed by atoms with E-state index in [0.29, 0.717) is 16.3 Å². The summed E-state index contributed by atoms with van der Waals surface area (Å²) >= 11 is 5.21. The SMILES string of the molecule is Cc1cccc(/C=N\n2c(-c3cc(C)[nH]n3)n[nH]c2=S)c1. The van der Waals surface area contributed by atoms with E-state index in [1.807, 2.05) is 44.2 Å². The van der Waals surface area contributed by atoms with E-state index >= 15 is 0 Å². The van der Waals surface area contributed by atoms with Gasteiger partial charge >= 0.3 is 0 Å². The predicted octanol–water partition coefficient (Wildman–Crippen LogP) is 2.83. The fraction of sp³-hybridized carbons (Fsp3) is 0.143. The Balaban J connectivity index is 1.99. The van der Waals surface area contributed by atoms with E-state index in [1.165, 1.54) is 5.56 Å². The Morgan fingerprint density at radius 2 is 2.05 bits per heavy atom. The van der Waals surface area contributed by atoms with Gasteiger partial charge in [0.25, 0.3) is 0 Å². The van der Waals surface area contributed by atoms with E-state index < -0.39 is 0 Å². The second kappa shape index (κ2) is 5.45. The van der Waals surface area contributed by atoms with Crippen LogP contribution in [0.15, 0.2) is 35.4 Å². The van der Waals surface area contributed by atoms with Crippen LogP contribution in [0.25, 0.3) is 11.5 Å². The summed E-state index contributed by atoms with van der Waals surface area (Å²) in [7, 11) is 0. The number of rotatable bonds is 3. The average Bonchev–Trinajstić information content (AvgIpc) is 3.03. The number of benzene rings is 1. The molecule has 3 aromatic rings. The molecule has 0 saturated carbocycles. The van der Waals surface area contributed by atoms with Crippen LogP contribution in [0.2, 0.25) is 0 Å². The van der Waals surface area contributed by atoms with Gasteiger partial charge in [0, 0.05) is 5.69 Å². The van der Waals surface area contributed by atoms with Crippen molar-refractivity contribution in [2.75, 3.05) is 0 Å². The fourth-order valence-corrected chi connectivity index (χ4v) is 2.15. The van der Waals surface area contributed by atoms with Gasteiger partial charge in [-0.3, -0.25) is 5.10 Å². The van der Waals surface area contributed by atoms with Gasteiger partial charge in [-0.25, -0.2) is 5.10 Å². The van der Waals surface area contributed by atoms with Gasteiger partial charge in [0.1, 0.15) is 5.69 Å². The smallest absolute Gasteiger partial charge is 0.216 e. The van der Waals surface area contributed by atoms with E-state index in [0.717, 1.165) is 11.3 Å². The molecule has 0 aliphatic rings. The van der Waals surface area contributed by atoms with E-state index in [4.69, 9.17) is 12.2 Å². The average molecular weight is 298 g/mol. The first-order chi connectivity index (χ1) is 10.1. The number of aromatic nitrogens is 5. The highest BCUT2D eigenvalue weighted by Gasteiger charge is 2.10. The first-order valence-corrected chi connectivity index (χ1v) is 6.85. The molecule has 6 nitrogen and oxygen atoms in total. The van der Waals surface area contributed by atoms with Gasteiger partial charge in [-0.15, -0.1) is 0 Å². The highest BCUT2D eigenvalue weighted by molar-refractivity contribution is 7.71. The van der Waals surface area contributed by atoms with Crippen LogP contribution < -0.4 is 0 Å². The molecule has 106 valence electrons. The number of nitrogens with zero attached hydrogens (tertiary/aromatic N) is 4. The molecule has 0 bridgehead atoms. The molecule has 0 spiro atoms. The van der Waals surface area contributed by atoms with Crippen molar-refractivity contribution in [3.63, 3.8) is 0 Å². The van der Waals surface area contributed by atoms with Crippen molar-refractivity contribution >= 4 is 18.4 Å². The van der Waals surface area contributed by atoms with E-state index in [2.05, 4.69) is 25.5 Å². The van der Waals surface area contributed by atoms with Crippen LogP contribution in [0.5, 0.6) is 0 Å². The van der Waals surface area contributed by atoms with Crippen molar-refractivity contribution in [2.24, 2.45) is 5.10 Å². The Morgan fingerprint density at radius 3 is 2.76 bits per heavy atom. The van der Waals surface area contributed by atoms with Gasteiger partial charge in [0.2, 0.25) is 10.6 Å². The molecular formula is C14H14N6S. The van der Waals surface area contributed by atoms with Gasteiger partial charge < -0.3 is 0 Å². The highest BCUT2D eigenvalue weighted by Crippen LogP contribution is 2.15. The summed E-state index contributed by atoms with van der Waals surface area (Å²) in [4.78, 5) is 0. The molecule has 0 fully saturated rings. The molecule has 0 atom stereocenters. The van der Waals surface area contributed by atoms with Crippen LogP contribution >= 0.6 is 12.2 Å². The van der Waals surface area contributed by atoms with Crippen LogP contribution in [-0.4, -0.2) is 31.3 Å². The third-order valence-corrected chi connectivity index (χ3v) is 3.21. The summed E-state index contributed by atoms with van der Waals surface area (Å²) in [6.45, 7) is 3.97. The van der Waals surface area contributed by atoms with Gasteiger partial charge in [-0.2, -0.15) is 20.0 Å².